The lowest BCUT2D eigenvalue weighted by molar-refractivity contribution is 0.0780. The van der Waals surface area contributed by atoms with Gasteiger partial charge < -0.3 is 9.47 Å². The van der Waals surface area contributed by atoms with E-state index in [4.69, 9.17) is 4.98 Å². The van der Waals surface area contributed by atoms with Gasteiger partial charge in [0.05, 0.1) is 29.7 Å². The van der Waals surface area contributed by atoms with Gasteiger partial charge in [-0.1, -0.05) is 54.6 Å². The standard InChI is InChI=1S/C26H22N4O/c1-29(26(31)20-11-7-15-27-16-20)18-25-28-23-13-4-5-14-24(23)30(25)17-21-10-6-9-19-8-2-3-12-22(19)21/h2-16H,17-18H2,1H3. The van der Waals surface area contributed by atoms with Crippen LogP contribution >= 0.6 is 0 Å². The van der Waals surface area contributed by atoms with Crippen LogP contribution in [0.25, 0.3) is 21.8 Å². The topological polar surface area (TPSA) is 51.0 Å². The molecular weight excluding hydrogens is 384 g/mol. The average Bonchev–Trinajstić information content (AvgIpc) is 3.16. The average molecular weight is 406 g/mol. The van der Waals surface area contributed by atoms with Gasteiger partial charge in [0.2, 0.25) is 0 Å². The van der Waals surface area contributed by atoms with Crippen LogP contribution in [0.1, 0.15) is 21.7 Å². The Bertz CT molecular complexity index is 1370. The number of imidazole rings is 1. The Balaban J connectivity index is 1.53. The lowest BCUT2D eigenvalue weighted by Crippen LogP contribution is -2.28. The lowest BCUT2D eigenvalue weighted by Gasteiger charge is -2.18. The summed E-state index contributed by atoms with van der Waals surface area (Å²) >= 11 is 0. The minimum atomic E-state index is -0.0723. The summed E-state index contributed by atoms with van der Waals surface area (Å²) in [4.78, 5) is 23.5. The van der Waals surface area contributed by atoms with Crippen LogP contribution in [0.2, 0.25) is 0 Å². The highest BCUT2D eigenvalue weighted by Gasteiger charge is 2.17. The summed E-state index contributed by atoms with van der Waals surface area (Å²) in [6, 6.07) is 26.5. The van der Waals surface area contributed by atoms with E-state index in [0.29, 0.717) is 18.7 Å². The van der Waals surface area contributed by atoms with Gasteiger partial charge in [-0.05, 0) is 40.6 Å². The smallest absolute Gasteiger partial charge is 0.255 e. The zero-order chi connectivity index (χ0) is 21.2. The molecule has 0 fully saturated rings. The summed E-state index contributed by atoms with van der Waals surface area (Å²) in [7, 11) is 1.80. The van der Waals surface area contributed by atoms with Gasteiger partial charge in [-0.25, -0.2) is 4.98 Å². The van der Waals surface area contributed by atoms with Crippen LogP contribution in [0, 0.1) is 0 Å². The van der Waals surface area contributed by atoms with Crippen molar-refractivity contribution in [3.8, 4) is 0 Å². The van der Waals surface area contributed by atoms with Crippen LogP contribution in [0.4, 0.5) is 0 Å². The number of hydrogen-bond donors (Lipinski definition) is 0. The van der Waals surface area contributed by atoms with Crippen LogP contribution in [-0.4, -0.2) is 32.4 Å². The Hall–Kier alpha value is -3.99. The molecule has 0 spiro atoms. The van der Waals surface area contributed by atoms with E-state index in [0.717, 1.165) is 16.9 Å². The van der Waals surface area contributed by atoms with Crippen LogP contribution in [0.3, 0.4) is 0 Å². The van der Waals surface area contributed by atoms with E-state index in [1.54, 1.807) is 36.5 Å². The van der Waals surface area contributed by atoms with E-state index in [2.05, 4.69) is 58.1 Å². The van der Waals surface area contributed by atoms with Gasteiger partial charge in [-0.2, -0.15) is 0 Å². The fourth-order valence-electron chi connectivity index (χ4n) is 4.02. The van der Waals surface area contributed by atoms with Crippen molar-refractivity contribution in [3.63, 3.8) is 0 Å². The minimum absolute atomic E-state index is 0.0723. The first kappa shape index (κ1) is 19.0. The number of para-hydroxylation sites is 2. The molecule has 0 aliphatic rings. The van der Waals surface area contributed by atoms with Gasteiger partial charge in [0.15, 0.2) is 0 Å². The predicted octanol–water partition coefficient (Wildman–Crippen LogP) is 4.91. The Morgan fingerprint density at radius 1 is 0.935 bits per heavy atom. The minimum Gasteiger partial charge on any atom is -0.334 e. The van der Waals surface area contributed by atoms with Crippen molar-refractivity contribution in [1.29, 1.82) is 0 Å². The summed E-state index contributed by atoms with van der Waals surface area (Å²) in [5.74, 6) is 0.783. The molecule has 5 rings (SSSR count). The van der Waals surface area contributed by atoms with E-state index in [1.165, 1.54) is 16.3 Å². The summed E-state index contributed by atoms with van der Waals surface area (Å²) in [5, 5.41) is 2.45. The predicted molar refractivity (Wildman–Crippen MR) is 123 cm³/mol. The molecular formula is C26H22N4O. The Morgan fingerprint density at radius 3 is 2.61 bits per heavy atom. The molecule has 0 atom stereocenters. The molecule has 0 radical (unpaired) electrons. The molecule has 0 N–H and O–H groups in total. The van der Waals surface area contributed by atoms with E-state index < -0.39 is 0 Å². The number of carbonyl (C=O) groups is 1. The van der Waals surface area contributed by atoms with Crippen molar-refractivity contribution in [3.05, 3.63) is 108 Å². The third-order valence-electron chi connectivity index (χ3n) is 5.58. The number of pyridine rings is 1. The molecule has 1 amide bonds. The maximum Gasteiger partial charge on any atom is 0.255 e. The van der Waals surface area contributed by atoms with Crippen molar-refractivity contribution in [2.75, 3.05) is 7.05 Å². The van der Waals surface area contributed by atoms with Gasteiger partial charge in [0.1, 0.15) is 5.82 Å². The first-order valence-corrected chi connectivity index (χ1v) is 10.3. The Morgan fingerprint density at radius 2 is 1.74 bits per heavy atom. The number of nitrogens with zero attached hydrogens (tertiary/aromatic N) is 4. The number of hydrogen-bond acceptors (Lipinski definition) is 3. The highest BCUT2D eigenvalue weighted by molar-refractivity contribution is 5.93. The molecule has 0 aliphatic heterocycles. The third kappa shape index (κ3) is 3.66. The highest BCUT2D eigenvalue weighted by Crippen LogP contribution is 2.24. The summed E-state index contributed by atoms with van der Waals surface area (Å²) in [6.45, 7) is 1.10. The summed E-state index contributed by atoms with van der Waals surface area (Å²) in [5.41, 5.74) is 3.79. The Labute approximate surface area is 180 Å². The largest absolute Gasteiger partial charge is 0.334 e. The molecule has 0 saturated heterocycles. The molecule has 0 aliphatic carbocycles. The summed E-state index contributed by atoms with van der Waals surface area (Å²) < 4.78 is 2.21. The van der Waals surface area contributed by atoms with Gasteiger partial charge in [-0.15, -0.1) is 0 Å². The number of fused-ring (bicyclic) bond motifs is 2. The molecule has 2 aromatic heterocycles. The first-order valence-electron chi connectivity index (χ1n) is 10.3. The van der Waals surface area contributed by atoms with Crippen LogP contribution in [0.5, 0.6) is 0 Å². The molecule has 3 aromatic carbocycles. The highest BCUT2D eigenvalue weighted by atomic mass is 16.2. The molecule has 5 heteroatoms. The number of rotatable bonds is 5. The molecule has 5 nitrogen and oxygen atoms in total. The van der Waals surface area contributed by atoms with Crippen LogP contribution in [0.15, 0.2) is 91.3 Å². The fourth-order valence-corrected chi connectivity index (χ4v) is 4.02. The molecule has 152 valence electrons. The normalized spacial score (nSPS) is 11.1. The van der Waals surface area contributed by atoms with Crippen molar-refractivity contribution >= 4 is 27.7 Å². The molecule has 0 saturated carbocycles. The van der Waals surface area contributed by atoms with Gasteiger partial charge >= 0.3 is 0 Å². The second-order valence-electron chi connectivity index (χ2n) is 7.64. The monoisotopic (exact) mass is 406 g/mol. The Kier molecular flexibility index (Phi) is 4.92. The fraction of sp³-hybridized carbons (Fsp3) is 0.115. The molecule has 2 heterocycles. The molecule has 0 bridgehead atoms. The van der Waals surface area contributed by atoms with E-state index in [9.17, 15) is 4.79 Å². The zero-order valence-electron chi connectivity index (χ0n) is 17.3. The number of benzene rings is 3. The van der Waals surface area contributed by atoms with Gasteiger partial charge in [0, 0.05) is 19.4 Å². The van der Waals surface area contributed by atoms with Crippen molar-refractivity contribution in [1.82, 2.24) is 19.4 Å². The second kappa shape index (κ2) is 8.03. The van der Waals surface area contributed by atoms with Crippen molar-refractivity contribution in [2.45, 2.75) is 13.1 Å². The van der Waals surface area contributed by atoms with Crippen molar-refractivity contribution < 1.29 is 4.79 Å². The maximum atomic E-state index is 12.9. The number of aromatic nitrogens is 3. The number of amides is 1. The van der Waals surface area contributed by atoms with Crippen molar-refractivity contribution in [2.24, 2.45) is 0 Å². The molecule has 0 unspecified atom stereocenters. The van der Waals surface area contributed by atoms with E-state index in [1.807, 2.05) is 18.2 Å². The van der Waals surface area contributed by atoms with E-state index in [-0.39, 0.29) is 5.91 Å². The van der Waals surface area contributed by atoms with E-state index >= 15 is 0 Å². The van der Waals surface area contributed by atoms with Crippen LogP contribution in [-0.2, 0) is 13.1 Å². The zero-order valence-corrected chi connectivity index (χ0v) is 17.3. The summed E-state index contributed by atoms with van der Waals surface area (Å²) in [6.07, 6.45) is 3.26. The molecule has 31 heavy (non-hydrogen) atoms. The SMILES string of the molecule is CN(Cc1nc2ccccc2n1Cc1cccc2ccccc12)C(=O)c1cccnc1. The van der Waals surface area contributed by atoms with Crippen LogP contribution < -0.4 is 0 Å². The number of carbonyl (C=O) groups excluding carboxylic acids is 1. The second-order valence-corrected chi connectivity index (χ2v) is 7.64. The maximum absolute atomic E-state index is 12.9. The third-order valence-corrected chi connectivity index (χ3v) is 5.58. The first-order chi connectivity index (χ1) is 15.2. The molecule has 5 aromatic rings. The quantitative estimate of drug-likeness (QED) is 0.417. The lowest BCUT2D eigenvalue weighted by atomic mass is 10.0. The van der Waals surface area contributed by atoms with Gasteiger partial charge in [-0.3, -0.25) is 9.78 Å². The van der Waals surface area contributed by atoms with Gasteiger partial charge in [0.25, 0.3) is 5.91 Å².